The first-order valence-corrected chi connectivity index (χ1v) is 6.20. The molecule has 0 amide bonds. The van der Waals surface area contributed by atoms with Gasteiger partial charge in [0.2, 0.25) is 0 Å². The van der Waals surface area contributed by atoms with E-state index in [1.54, 1.807) is 6.20 Å². The van der Waals surface area contributed by atoms with Crippen LogP contribution in [0.4, 0.5) is 11.5 Å². The third-order valence-corrected chi connectivity index (χ3v) is 2.83. The molecule has 0 saturated carbocycles. The maximum Gasteiger partial charge on any atom is 0.128 e. The zero-order valence-corrected chi connectivity index (χ0v) is 11.2. The molecule has 94 valence electrons. The molecule has 0 radical (unpaired) electrons. The lowest BCUT2D eigenvalue weighted by Gasteiger charge is -2.14. The number of benzene rings is 1. The zero-order chi connectivity index (χ0) is 13.1. The van der Waals surface area contributed by atoms with E-state index in [2.05, 4.69) is 24.3 Å². The number of nitrogens with one attached hydrogen (secondary N) is 1. The summed E-state index contributed by atoms with van der Waals surface area (Å²) in [6, 6.07) is 9.93. The second kappa shape index (κ2) is 5.18. The van der Waals surface area contributed by atoms with Crippen LogP contribution in [-0.4, -0.2) is 14.8 Å². The first kappa shape index (κ1) is 12.6. The number of nitrogens with zero attached hydrogens (tertiary/aromatic N) is 2. The molecule has 4 nitrogen and oxygen atoms in total. The van der Waals surface area contributed by atoms with Crippen LogP contribution in [0.3, 0.4) is 0 Å². The van der Waals surface area contributed by atoms with Gasteiger partial charge in [0.25, 0.3) is 0 Å². The van der Waals surface area contributed by atoms with Crippen LogP contribution in [0.1, 0.15) is 25.5 Å². The average molecular weight is 260 g/mol. The fourth-order valence-electron chi connectivity index (χ4n) is 1.77. The van der Waals surface area contributed by atoms with E-state index < -0.39 is 0 Å². The summed E-state index contributed by atoms with van der Waals surface area (Å²) in [6.45, 7) is 4.16. The van der Waals surface area contributed by atoms with E-state index in [4.69, 9.17) is 18.0 Å². The number of anilines is 2. The highest BCUT2D eigenvalue weighted by atomic mass is 32.1. The van der Waals surface area contributed by atoms with E-state index in [1.807, 2.05) is 35.0 Å². The van der Waals surface area contributed by atoms with Crippen molar-refractivity contribution >= 4 is 28.7 Å². The van der Waals surface area contributed by atoms with E-state index in [1.165, 1.54) is 0 Å². The maximum absolute atomic E-state index is 5.71. The van der Waals surface area contributed by atoms with Gasteiger partial charge in [-0.25, -0.2) is 4.68 Å². The van der Waals surface area contributed by atoms with Crippen molar-refractivity contribution in [3.63, 3.8) is 0 Å². The summed E-state index contributed by atoms with van der Waals surface area (Å²) in [5.41, 5.74) is 7.44. The Kier molecular flexibility index (Phi) is 3.62. The molecule has 2 rings (SSSR count). The molecule has 1 aromatic carbocycles. The van der Waals surface area contributed by atoms with E-state index in [0.29, 0.717) is 11.0 Å². The molecular formula is C13H16N4S. The highest BCUT2D eigenvalue weighted by molar-refractivity contribution is 7.80. The summed E-state index contributed by atoms with van der Waals surface area (Å²) in [5.74, 6) is 0.925. The molecular weight excluding hydrogens is 244 g/mol. The van der Waals surface area contributed by atoms with Crippen LogP contribution in [0.15, 0.2) is 36.5 Å². The molecule has 3 N–H and O–H groups in total. The normalized spacial score (nSPS) is 10.6. The predicted molar refractivity (Wildman–Crippen MR) is 78.2 cm³/mol. The van der Waals surface area contributed by atoms with Gasteiger partial charge >= 0.3 is 0 Å². The van der Waals surface area contributed by atoms with Crippen molar-refractivity contribution < 1.29 is 0 Å². The van der Waals surface area contributed by atoms with Gasteiger partial charge in [-0.3, -0.25) is 0 Å². The van der Waals surface area contributed by atoms with Crippen molar-refractivity contribution in [1.82, 2.24) is 9.78 Å². The Bertz CT molecular complexity index is 560. The molecule has 5 heteroatoms. The summed E-state index contributed by atoms with van der Waals surface area (Å²) >= 11 is 5.04. The number of aromatic nitrogens is 2. The van der Waals surface area contributed by atoms with Gasteiger partial charge in [-0.2, -0.15) is 5.10 Å². The SMILES string of the molecule is CC(C)n1nccc1Nc1ccccc1C(N)=S. The summed E-state index contributed by atoms with van der Waals surface area (Å²) in [5, 5.41) is 7.59. The minimum atomic E-state index is 0.291. The van der Waals surface area contributed by atoms with Crippen molar-refractivity contribution in [2.75, 3.05) is 5.32 Å². The quantitative estimate of drug-likeness (QED) is 0.830. The number of thiocarbonyl (C=S) groups is 1. The summed E-state index contributed by atoms with van der Waals surface area (Å²) in [4.78, 5) is 0.383. The van der Waals surface area contributed by atoms with Crippen molar-refractivity contribution in [2.45, 2.75) is 19.9 Å². The molecule has 0 aliphatic carbocycles. The van der Waals surface area contributed by atoms with Crippen molar-refractivity contribution in [2.24, 2.45) is 5.73 Å². The molecule has 1 heterocycles. The van der Waals surface area contributed by atoms with Gasteiger partial charge in [-0.15, -0.1) is 0 Å². The summed E-state index contributed by atoms with van der Waals surface area (Å²) in [6.07, 6.45) is 1.77. The number of hydrogen-bond donors (Lipinski definition) is 2. The molecule has 0 fully saturated rings. The van der Waals surface area contributed by atoms with E-state index in [0.717, 1.165) is 17.1 Å². The van der Waals surface area contributed by atoms with E-state index >= 15 is 0 Å². The molecule has 0 aliphatic heterocycles. The highest BCUT2D eigenvalue weighted by Gasteiger charge is 2.09. The number of hydrogen-bond acceptors (Lipinski definition) is 3. The Balaban J connectivity index is 2.34. The Morgan fingerprint density at radius 1 is 1.33 bits per heavy atom. The van der Waals surface area contributed by atoms with Crippen molar-refractivity contribution in [3.05, 3.63) is 42.1 Å². The first-order valence-electron chi connectivity index (χ1n) is 5.79. The first-order chi connectivity index (χ1) is 8.59. The van der Waals surface area contributed by atoms with E-state index in [-0.39, 0.29) is 0 Å². The van der Waals surface area contributed by atoms with Crippen molar-refractivity contribution in [1.29, 1.82) is 0 Å². The minimum Gasteiger partial charge on any atom is -0.389 e. The number of rotatable bonds is 4. The second-order valence-electron chi connectivity index (χ2n) is 4.29. The Hall–Kier alpha value is -1.88. The molecule has 2 aromatic rings. The monoisotopic (exact) mass is 260 g/mol. The lowest BCUT2D eigenvalue weighted by Crippen LogP contribution is -2.13. The van der Waals surface area contributed by atoms with Crippen LogP contribution < -0.4 is 11.1 Å². The molecule has 0 unspecified atom stereocenters. The highest BCUT2D eigenvalue weighted by Crippen LogP contribution is 2.22. The molecule has 0 bridgehead atoms. The van der Waals surface area contributed by atoms with Crippen LogP contribution in [0.5, 0.6) is 0 Å². The summed E-state index contributed by atoms with van der Waals surface area (Å²) < 4.78 is 1.91. The number of para-hydroxylation sites is 1. The molecule has 18 heavy (non-hydrogen) atoms. The second-order valence-corrected chi connectivity index (χ2v) is 4.73. The largest absolute Gasteiger partial charge is 0.389 e. The lowest BCUT2D eigenvalue weighted by molar-refractivity contribution is 0.540. The van der Waals surface area contributed by atoms with Gasteiger partial charge in [-0.1, -0.05) is 24.4 Å². The molecule has 0 aliphatic rings. The fourth-order valence-corrected chi connectivity index (χ4v) is 1.95. The predicted octanol–water partition coefficient (Wildman–Crippen LogP) is 2.84. The third kappa shape index (κ3) is 2.51. The molecule has 0 saturated heterocycles. The average Bonchev–Trinajstić information content (AvgIpc) is 2.77. The van der Waals surface area contributed by atoms with Gasteiger partial charge in [0.15, 0.2) is 0 Å². The van der Waals surface area contributed by atoms with Gasteiger partial charge in [0.05, 0.1) is 6.20 Å². The number of nitrogens with two attached hydrogens (primary N) is 1. The zero-order valence-electron chi connectivity index (χ0n) is 10.4. The van der Waals surface area contributed by atoms with Gasteiger partial charge < -0.3 is 11.1 Å². The van der Waals surface area contributed by atoms with E-state index in [9.17, 15) is 0 Å². The third-order valence-electron chi connectivity index (χ3n) is 2.61. The molecule has 0 spiro atoms. The molecule has 0 atom stereocenters. The Labute approximate surface area is 112 Å². The fraction of sp³-hybridized carbons (Fsp3) is 0.231. The van der Waals surface area contributed by atoms with Crippen LogP contribution in [-0.2, 0) is 0 Å². The maximum atomic E-state index is 5.71. The van der Waals surface area contributed by atoms with Gasteiger partial charge in [0.1, 0.15) is 10.8 Å². The van der Waals surface area contributed by atoms with Gasteiger partial charge in [-0.05, 0) is 26.0 Å². The summed E-state index contributed by atoms with van der Waals surface area (Å²) in [7, 11) is 0. The minimum absolute atomic E-state index is 0.291. The van der Waals surface area contributed by atoms with Crippen LogP contribution >= 0.6 is 12.2 Å². The lowest BCUT2D eigenvalue weighted by atomic mass is 10.2. The Morgan fingerprint density at radius 2 is 2.06 bits per heavy atom. The van der Waals surface area contributed by atoms with Crippen LogP contribution in [0.25, 0.3) is 0 Å². The van der Waals surface area contributed by atoms with Crippen molar-refractivity contribution in [3.8, 4) is 0 Å². The smallest absolute Gasteiger partial charge is 0.128 e. The topological polar surface area (TPSA) is 55.9 Å². The molecule has 1 aromatic heterocycles. The van der Waals surface area contributed by atoms with Gasteiger partial charge in [0, 0.05) is 23.4 Å². The van der Waals surface area contributed by atoms with Crippen LogP contribution in [0, 0.1) is 0 Å². The standard InChI is InChI=1S/C13H16N4S/c1-9(2)17-12(7-8-15-17)16-11-6-4-3-5-10(11)13(14)18/h3-9,16H,1-2H3,(H2,14,18). The van der Waals surface area contributed by atoms with Crippen LogP contribution in [0.2, 0.25) is 0 Å². The Morgan fingerprint density at radius 3 is 2.72 bits per heavy atom.